The summed E-state index contributed by atoms with van der Waals surface area (Å²) < 4.78 is 10.5. The Bertz CT molecular complexity index is 1140. The van der Waals surface area contributed by atoms with Crippen LogP contribution in [0.3, 0.4) is 0 Å². The molecule has 8 heteroatoms. The molecule has 3 rings (SSSR count). The predicted molar refractivity (Wildman–Crippen MR) is 129 cm³/mol. The van der Waals surface area contributed by atoms with E-state index in [1.807, 2.05) is 31.2 Å². The van der Waals surface area contributed by atoms with E-state index in [4.69, 9.17) is 21.1 Å². The van der Waals surface area contributed by atoms with E-state index in [-0.39, 0.29) is 17.6 Å². The minimum Gasteiger partial charge on any atom is -0.493 e. The molecule has 6 nitrogen and oxygen atoms in total. The van der Waals surface area contributed by atoms with Gasteiger partial charge in [-0.15, -0.1) is 11.8 Å². The molecule has 32 heavy (non-hydrogen) atoms. The molecule has 0 atom stereocenters. The summed E-state index contributed by atoms with van der Waals surface area (Å²) in [6.07, 6.45) is 0. The lowest BCUT2D eigenvalue weighted by molar-refractivity contribution is -0.113. The van der Waals surface area contributed by atoms with E-state index in [9.17, 15) is 9.59 Å². The zero-order valence-electron chi connectivity index (χ0n) is 17.9. The molecule has 0 fully saturated rings. The molecule has 166 valence electrons. The van der Waals surface area contributed by atoms with Crippen LogP contribution in [0.5, 0.6) is 11.5 Å². The molecule has 2 N–H and O–H groups in total. The molecule has 0 saturated heterocycles. The third-order valence-electron chi connectivity index (χ3n) is 4.65. The SMILES string of the molecule is COc1ccc(C(=O)Nc2cccc(SCC(=O)Nc3cccc(Cl)c3C)c2)cc1OC. The number of carbonyl (C=O) groups excluding carboxylic acids is 2. The van der Waals surface area contributed by atoms with Crippen LogP contribution in [0.15, 0.2) is 65.6 Å². The fourth-order valence-electron chi connectivity index (χ4n) is 2.92. The monoisotopic (exact) mass is 470 g/mol. The maximum Gasteiger partial charge on any atom is 0.255 e. The van der Waals surface area contributed by atoms with Crippen LogP contribution in [-0.4, -0.2) is 31.8 Å². The molecular formula is C24H23ClN2O4S. The molecule has 0 aromatic heterocycles. The molecule has 0 heterocycles. The molecule has 3 aromatic rings. The van der Waals surface area contributed by atoms with Crippen molar-refractivity contribution in [3.8, 4) is 11.5 Å². The average molecular weight is 471 g/mol. The maximum atomic E-state index is 12.6. The first-order chi connectivity index (χ1) is 15.4. The topological polar surface area (TPSA) is 76.7 Å². The summed E-state index contributed by atoms with van der Waals surface area (Å²) in [6.45, 7) is 1.86. The van der Waals surface area contributed by atoms with Crippen molar-refractivity contribution in [3.63, 3.8) is 0 Å². The summed E-state index contributed by atoms with van der Waals surface area (Å²) in [4.78, 5) is 25.8. The Balaban J connectivity index is 1.61. The number of methoxy groups -OCH3 is 2. The van der Waals surface area contributed by atoms with Gasteiger partial charge in [-0.05, 0) is 61.0 Å². The normalized spacial score (nSPS) is 10.4. The molecule has 0 saturated carbocycles. The van der Waals surface area contributed by atoms with Gasteiger partial charge in [0.1, 0.15) is 0 Å². The van der Waals surface area contributed by atoms with Crippen molar-refractivity contribution in [1.82, 2.24) is 0 Å². The van der Waals surface area contributed by atoms with Crippen LogP contribution in [0, 0.1) is 6.92 Å². The number of rotatable bonds is 8. The highest BCUT2D eigenvalue weighted by Crippen LogP contribution is 2.28. The number of nitrogens with one attached hydrogen (secondary N) is 2. The van der Waals surface area contributed by atoms with E-state index in [0.717, 1.165) is 10.5 Å². The largest absolute Gasteiger partial charge is 0.493 e. The Morgan fingerprint density at radius 3 is 2.44 bits per heavy atom. The van der Waals surface area contributed by atoms with Crippen LogP contribution >= 0.6 is 23.4 Å². The van der Waals surface area contributed by atoms with Gasteiger partial charge < -0.3 is 20.1 Å². The summed E-state index contributed by atoms with van der Waals surface area (Å²) in [5, 5.41) is 6.34. The Morgan fingerprint density at radius 1 is 0.938 bits per heavy atom. The van der Waals surface area contributed by atoms with E-state index in [1.165, 1.54) is 26.0 Å². The predicted octanol–water partition coefficient (Wildman–Crippen LogP) is 5.65. The van der Waals surface area contributed by atoms with Crippen molar-refractivity contribution in [2.75, 3.05) is 30.6 Å². The number of hydrogen-bond acceptors (Lipinski definition) is 5. The van der Waals surface area contributed by atoms with Gasteiger partial charge >= 0.3 is 0 Å². The molecule has 0 aliphatic rings. The van der Waals surface area contributed by atoms with Crippen LogP contribution in [0.4, 0.5) is 11.4 Å². The van der Waals surface area contributed by atoms with Crippen LogP contribution in [0.2, 0.25) is 5.02 Å². The molecule has 0 radical (unpaired) electrons. The van der Waals surface area contributed by atoms with Crippen LogP contribution in [0.1, 0.15) is 15.9 Å². The number of benzene rings is 3. The Morgan fingerprint density at radius 2 is 1.69 bits per heavy atom. The Kier molecular flexibility index (Phi) is 8.03. The Hall–Kier alpha value is -3.16. The zero-order chi connectivity index (χ0) is 23.1. The summed E-state index contributed by atoms with van der Waals surface area (Å²) in [7, 11) is 3.06. The standard InChI is InChI=1S/C24H23ClN2O4S/c1-15-19(25)8-5-9-20(15)27-23(28)14-32-18-7-4-6-17(13-18)26-24(29)16-10-11-21(30-2)22(12-16)31-3/h4-13H,14H2,1-3H3,(H,26,29)(H,27,28). The van der Waals surface area contributed by atoms with Crippen molar-refractivity contribution >= 4 is 46.6 Å². The van der Waals surface area contributed by atoms with E-state index in [1.54, 1.807) is 36.4 Å². The molecule has 2 amide bonds. The number of anilines is 2. The van der Waals surface area contributed by atoms with Crippen molar-refractivity contribution in [3.05, 3.63) is 76.8 Å². The van der Waals surface area contributed by atoms with Gasteiger partial charge in [-0.25, -0.2) is 0 Å². The third-order valence-corrected chi connectivity index (χ3v) is 6.05. The van der Waals surface area contributed by atoms with Crippen molar-refractivity contribution < 1.29 is 19.1 Å². The number of carbonyl (C=O) groups is 2. The van der Waals surface area contributed by atoms with E-state index < -0.39 is 0 Å². The smallest absolute Gasteiger partial charge is 0.255 e. The number of amides is 2. The summed E-state index contributed by atoms with van der Waals surface area (Å²) in [5.41, 5.74) is 2.59. The summed E-state index contributed by atoms with van der Waals surface area (Å²) in [5.74, 6) is 0.834. The second kappa shape index (κ2) is 10.9. The number of hydrogen-bond donors (Lipinski definition) is 2. The van der Waals surface area contributed by atoms with Gasteiger partial charge in [-0.3, -0.25) is 9.59 Å². The van der Waals surface area contributed by atoms with Crippen molar-refractivity contribution in [1.29, 1.82) is 0 Å². The van der Waals surface area contributed by atoms with Gasteiger partial charge in [0.25, 0.3) is 5.91 Å². The number of thioether (sulfide) groups is 1. The minimum absolute atomic E-state index is 0.139. The fourth-order valence-corrected chi connectivity index (χ4v) is 3.85. The first-order valence-electron chi connectivity index (χ1n) is 9.72. The molecule has 0 aliphatic heterocycles. The van der Waals surface area contributed by atoms with Gasteiger partial charge in [0.05, 0.1) is 20.0 Å². The number of halogens is 1. The molecule has 0 bridgehead atoms. The highest BCUT2D eigenvalue weighted by atomic mass is 35.5. The highest BCUT2D eigenvalue weighted by molar-refractivity contribution is 8.00. The van der Waals surface area contributed by atoms with Gasteiger partial charge in [0.2, 0.25) is 5.91 Å². The second-order valence-electron chi connectivity index (χ2n) is 6.80. The quantitative estimate of drug-likeness (QED) is 0.416. The number of ether oxygens (including phenoxy) is 2. The lowest BCUT2D eigenvalue weighted by Gasteiger charge is -2.11. The maximum absolute atomic E-state index is 12.6. The average Bonchev–Trinajstić information content (AvgIpc) is 2.80. The van der Waals surface area contributed by atoms with Crippen LogP contribution in [0.25, 0.3) is 0 Å². The van der Waals surface area contributed by atoms with Crippen molar-refractivity contribution in [2.24, 2.45) is 0 Å². The Labute approximate surface area is 196 Å². The third kappa shape index (κ3) is 5.96. The van der Waals surface area contributed by atoms with E-state index in [0.29, 0.717) is 33.5 Å². The molecule has 0 aliphatic carbocycles. The molecule has 0 spiro atoms. The van der Waals surface area contributed by atoms with Gasteiger partial charge in [-0.2, -0.15) is 0 Å². The lowest BCUT2D eigenvalue weighted by atomic mass is 10.2. The fraction of sp³-hybridized carbons (Fsp3) is 0.167. The van der Waals surface area contributed by atoms with E-state index in [2.05, 4.69) is 10.6 Å². The van der Waals surface area contributed by atoms with Gasteiger partial charge in [-0.1, -0.05) is 23.7 Å². The minimum atomic E-state index is -0.276. The van der Waals surface area contributed by atoms with Gasteiger partial charge in [0.15, 0.2) is 11.5 Å². The first kappa shape index (κ1) is 23.5. The highest BCUT2D eigenvalue weighted by Gasteiger charge is 2.12. The second-order valence-corrected chi connectivity index (χ2v) is 8.26. The van der Waals surface area contributed by atoms with Gasteiger partial charge in [0, 0.05) is 26.9 Å². The molecule has 0 unspecified atom stereocenters. The first-order valence-corrected chi connectivity index (χ1v) is 11.1. The van der Waals surface area contributed by atoms with E-state index >= 15 is 0 Å². The van der Waals surface area contributed by atoms with Crippen molar-refractivity contribution in [2.45, 2.75) is 11.8 Å². The van der Waals surface area contributed by atoms with Crippen LogP contribution in [-0.2, 0) is 4.79 Å². The zero-order valence-corrected chi connectivity index (χ0v) is 19.5. The lowest BCUT2D eigenvalue weighted by Crippen LogP contribution is -2.15. The summed E-state index contributed by atoms with van der Waals surface area (Å²) >= 11 is 7.47. The molecular weight excluding hydrogens is 448 g/mol. The van der Waals surface area contributed by atoms with Crippen LogP contribution < -0.4 is 20.1 Å². The molecule has 3 aromatic carbocycles. The summed E-state index contributed by atoms with van der Waals surface area (Å²) in [6, 6.07) is 17.7.